The number of hydrogen-bond acceptors (Lipinski definition) is 4. The molecule has 0 atom stereocenters. The SMILES string of the molecule is CN=C(C(=O)NC(NCc1ccc(Cl)cc1)=C(C)C)C(C)=CN. The Morgan fingerprint density at radius 1 is 1.26 bits per heavy atom. The fraction of sp³-hybridized carbons (Fsp3) is 0.294. The number of aliphatic imine (C=N–C) groups is 1. The normalized spacial score (nSPS) is 11.9. The molecule has 1 aromatic rings. The van der Waals surface area contributed by atoms with E-state index in [2.05, 4.69) is 15.6 Å². The van der Waals surface area contributed by atoms with Crippen molar-refractivity contribution in [1.29, 1.82) is 0 Å². The van der Waals surface area contributed by atoms with Crippen molar-refractivity contribution in [2.24, 2.45) is 10.7 Å². The smallest absolute Gasteiger partial charge is 0.275 e. The number of benzene rings is 1. The molecule has 1 aromatic carbocycles. The first-order valence-corrected chi connectivity index (χ1v) is 7.59. The van der Waals surface area contributed by atoms with E-state index in [1.807, 2.05) is 38.1 Å². The quantitative estimate of drug-likeness (QED) is 0.700. The third kappa shape index (κ3) is 5.79. The van der Waals surface area contributed by atoms with Gasteiger partial charge in [0, 0.05) is 18.6 Å². The number of allylic oxidation sites excluding steroid dienone is 1. The molecule has 0 heterocycles. The summed E-state index contributed by atoms with van der Waals surface area (Å²) in [5.74, 6) is 0.349. The Hall–Kier alpha value is -2.27. The van der Waals surface area contributed by atoms with Gasteiger partial charge in [0.25, 0.3) is 5.91 Å². The fourth-order valence-electron chi connectivity index (χ4n) is 1.85. The molecule has 0 fully saturated rings. The van der Waals surface area contributed by atoms with E-state index in [0.717, 1.165) is 11.1 Å². The molecule has 0 radical (unpaired) electrons. The highest BCUT2D eigenvalue weighted by Gasteiger charge is 2.14. The van der Waals surface area contributed by atoms with Crippen molar-refractivity contribution in [3.8, 4) is 0 Å². The molecule has 124 valence electrons. The average Bonchev–Trinajstić information content (AvgIpc) is 2.53. The number of rotatable bonds is 6. The molecule has 6 heteroatoms. The van der Waals surface area contributed by atoms with Gasteiger partial charge in [0.05, 0.1) is 0 Å². The summed E-state index contributed by atoms with van der Waals surface area (Å²) in [6.07, 6.45) is 1.37. The number of halogens is 1. The van der Waals surface area contributed by atoms with Crippen LogP contribution in [0.2, 0.25) is 5.02 Å². The molecule has 0 unspecified atom stereocenters. The van der Waals surface area contributed by atoms with Crippen molar-refractivity contribution >= 4 is 23.2 Å². The highest BCUT2D eigenvalue weighted by molar-refractivity contribution is 6.45. The summed E-state index contributed by atoms with van der Waals surface area (Å²) in [6.45, 7) is 6.14. The first-order chi connectivity index (χ1) is 10.9. The lowest BCUT2D eigenvalue weighted by Crippen LogP contribution is -2.37. The lowest BCUT2D eigenvalue weighted by molar-refractivity contribution is -0.114. The predicted octanol–water partition coefficient (Wildman–Crippen LogP) is 2.73. The van der Waals surface area contributed by atoms with Gasteiger partial charge in [0.15, 0.2) is 0 Å². The molecule has 5 nitrogen and oxygen atoms in total. The van der Waals surface area contributed by atoms with Gasteiger partial charge in [-0.25, -0.2) is 0 Å². The van der Waals surface area contributed by atoms with Crippen LogP contribution in [0.15, 0.2) is 52.4 Å². The van der Waals surface area contributed by atoms with Gasteiger partial charge in [-0.05, 0) is 55.8 Å². The summed E-state index contributed by atoms with van der Waals surface area (Å²) in [7, 11) is 1.56. The number of nitrogens with one attached hydrogen (secondary N) is 2. The zero-order valence-corrected chi connectivity index (χ0v) is 14.7. The highest BCUT2D eigenvalue weighted by Crippen LogP contribution is 2.10. The highest BCUT2D eigenvalue weighted by atomic mass is 35.5. The Morgan fingerprint density at radius 2 is 1.87 bits per heavy atom. The fourth-order valence-corrected chi connectivity index (χ4v) is 1.97. The molecule has 0 saturated heterocycles. The van der Waals surface area contributed by atoms with Crippen molar-refractivity contribution in [1.82, 2.24) is 10.6 Å². The van der Waals surface area contributed by atoms with E-state index in [1.165, 1.54) is 6.20 Å². The number of nitrogens with zero attached hydrogens (tertiary/aromatic N) is 1. The lowest BCUT2D eigenvalue weighted by Gasteiger charge is -2.15. The molecule has 4 N–H and O–H groups in total. The monoisotopic (exact) mass is 334 g/mol. The average molecular weight is 335 g/mol. The zero-order chi connectivity index (χ0) is 17.4. The molecule has 0 aliphatic carbocycles. The largest absolute Gasteiger partial charge is 0.404 e. The molecule has 0 aliphatic rings. The minimum Gasteiger partial charge on any atom is -0.404 e. The molecule has 23 heavy (non-hydrogen) atoms. The molecule has 1 amide bonds. The van der Waals surface area contributed by atoms with E-state index in [1.54, 1.807) is 14.0 Å². The van der Waals surface area contributed by atoms with Crippen LogP contribution < -0.4 is 16.4 Å². The molecule has 0 aliphatic heterocycles. The summed E-state index contributed by atoms with van der Waals surface area (Å²) in [5, 5.41) is 6.75. The summed E-state index contributed by atoms with van der Waals surface area (Å²) in [5.41, 5.74) is 8.40. The van der Waals surface area contributed by atoms with Crippen molar-refractivity contribution in [3.05, 3.63) is 58.0 Å². The maximum atomic E-state index is 12.3. The second-order valence-electron chi connectivity index (χ2n) is 5.23. The van der Waals surface area contributed by atoms with E-state index < -0.39 is 0 Å². The first-order valence-electron chi connectivity index (χ1n) is 7.21. The molecule has 1 rings (SSSR count). The number of amides is 1. The number of carbonyl (C=O) groups excluding carboxylic acids is 1. The predicted molar refractivity (Wildman–Crippen MR) is 96.1 cm³/mol. The van der Waals surface area contributed by atoms with Crippen LogP contribution in [0.5, 0.6) is 0 Å². The van der Waals surface area contributed by atoms with Crippen LogP contribution >= 0.6 is 11.6 Å². The minimum atomic E-state index is -0.300. The van der Waals surface area contributed by atoms with Gasteiger partial charge in [-0.2, -0.15) is 0 Å². The van der Waals surface area contributed by atoms with E-state index >= 15 is 0 Å². The van der Waals surface area contributed by atoms with E-state index in [4.69, 9.17) is 17.3 Å². The van der Waals surface area contributed by atoms with Crippen LogP contribution in [0.3, 0.4) is 0 Å². The second kappa shape index (κ2) is 9.00. The second-order valence-corrected chi connectivity index (χ2v) is 5.67. The Kier molecular flexibility index (Phi) is 7.35. The molecular formula is C17H23ClN4O. The standard InChI is InChI=1S/C17H23ClN4O/c1-11(2)16(21-10-13-5-7-14(18)8-6-13)22-17(23)15(20-4)12(3)9-19/h5-9,21H,10,19H2,1-4H3,(H,22,23). The van der Waals surface area contributed by atoms with Crippen molar-refractivity contribution in [2.45, 2.75) is 27.3 Å². The van der Waals surface area contributed by atoms with Crippen molar-refractivity contribution in [3.63, 3.8) is 0 Å². The molecule has 0 bridgehead atoms. The van der Waals surface area contributed by atoms with Crippen LogP contribution in [0, 0.1) is 0 Å². The van der Waals surface area contributed by atoms with Gasteiger partial charge in [0.2, 0.25) is 0 Å². The molecule has 0 saturated carbocycles. The summed E-state index contributed by atoms with van der Waals surface area (Å²) in [6, 6.07) is 7.52. The summed E-state index contributed by atoms with van der Waals surface area (Å²) >= 11 is 5.87. The topological polar surface area (TPSA) is 79.5 Å². The van der Waals surface area contributed by atoms with Crippen LogP contribution in [-0.2, 0) is 11.3 Å². The van der Waals surface area contributed by atoms with E-state index in [0.29, 0.717) is 28.7 Å². The van der Waals surface area contributed by atoms with Gasteiger partial charge in [-0.15, -0.1) is 0 Å². The maximum Gasteiger partial charge on any atom is 0.275 e. The molecule has 0 aromatic heterocycles. The maximum absolute atomic E-state index is 12.3. The van der Waals surface area contributed by atoms with Crippen molar-refractivity contribution in [2.75, 3.05) is 7.05 Å². The van der Waals surface area contributed by atoms with Gasteiger partial charge < -0.3 is 16.4 Å². The Labute approximate surface area is 142 Å². The Morgan fingerprint density at radius 3 is 2.35 bits per heavy atom. The van der Waals surface area contributed by atoms with E-state index in [-0.39, 0.29) is 5.91 Å². The van der Waals surface area contributed by atoms with Crippen LogP contribution in [0.1, 0.15) is 26.3 Å². The lowest BCUT2D eigenvalue weighted by atomic mass is 10.2. The first kappa shape index (κ1) is 18.8. The van der Waals surface area contributed by atoms with Gasteiger partial charge >= 0.3 is 0 Å². The van der Waals surface area contributed by atoms with Crippen LogP contribution in [0.25, 0.3) is 0 Å². The summed E-state index contributed by atoms with van der Waals surface area (Å²) < 4.78 is 0. The van der Waals surface area contributed by atoms with Crippen molar-refractivity contribution < 1.29 is 4.79 Å². The third-order valence-corrected chi connectivity index (χ3v) is 3.44. The Balaban J connectivity index is 2.79. The molecule has 0 spiro atoms. The minimum absolute atomic E-state index is 0.300. The summed E-state index contributed by atoms with van der Waals surface area (Å²) in [4.78, 5) is 16.3. The zero-order valence-electron chi connectivity index (χ0n) is 13.9. The number of hydrogen-bond donors (Lipinski definition) is 3. The third-order valence-electron chi connectivity index (χ3n) is 3.18. The number of nitrogens with two attached hydrogens (primary N) is 1. The Bertz CT molecular complexity index is 641. The van der Waals surface area contributed by atoms with Gasteiger partial charge in [-0.1, -0.05) is 23.7 Å². The van der Waals surface area contributed by atoms with Crippen LogP contribution in [-0.4, -0.2) is 18.7 Å². The molecular weight excluding hydrogens is 312 g/mol. The van der Waals surface area contributed by atoms with E-state index in [9.17, 15) is 4.79 Å². The number of carbonyl (C=O) groups is 1. The van der Waals surface area contributed by atoms with Crippen LogP contribution in [0.4, 0.5) is 0 Å². The van der Waals surface area contributed by atoms with Gasteiger partial charge in [0.1, 0.15) is 11.5 Å². The van der Waals surface area contributed by atoms with Gasteiger partial charge in [-0.3, -0.25) is 9.79 Å².